The molecule has 0 saturated heterocycles. The van der Waals surface area contributed by atoms with Crippen LogP contribution in [0.4, 0.5) is 0 Å². The van der Waals surface area contributed by atoms with E-state index in [1.807, 2.05) is 18.3 Å². The second-order valence-corrected chi connectivity index (χ2v) is 5.86. The third kappa shape index (κ3) is 11.5. The number of ether oxygens (including phenoxy) is 2. The highest BCUT2D eigenvalue weighted by Crippen LogP contribution is 2.07. The van der Waals surface area contributed by atoms with Crippen molar-refractivity contribution in [3.8, 4) is 5.88 Å². The molecule has 7 nitrogen and oxygen atoms in total. The number of nitrogens with one attached hydrogen (secondary N) is 2. The molecule has 0 aliphatic rings. The summed E-state index contributed by atoms with van der Waals surface area (Å²) in [4.78, 5) is 10.8. The lowest BCUT2D eigenvalue weighted by molar-refractivity contribution is 0.180. The van der Waals surface area contributed by atoms with Gasteiger partial charge in [-0.3, -0.25) is 4.99 Å². The number of aromatic nitrogens is 1. The van der Waals surface area contributed by atoms with Crippen molar-refractivity contribution in [1.82, 2.24) is 20.5 Å². The van der Waals surface area contributed by atoms with Gasteiger partial charge in [0.05, 0.1) is 6.61 Å². The van der Waals surface area contributed by atoms with Crippen molar-refractivity contribution in [2.45, 2.75) is 26.3 Å². The molecule has 0 aromatic carbocycles. The average Bonchev–Trinajstić information content (AvgIpc) is 2.64. The third-order valence-electron chi connectivity index (χ3n) is 3.61. The maximum absolute atomic E-state index is 5.49. The summed E-state index contributed by atoms with van der Waals surface area (Å²) in [6, 6.07) is 3.92. The maximum Gasteiger partial charge on any atom is 0.213 e. The molecular formula is C18H34IN5O2. The smallest absolute Gasteiger partial charge is 0.213 e. The fraction of sp³-hybridized carbons (Fsp3) is 0.667. The van der Waals surface area contributed by atoms with Crippen LogP contribution in [-0.4, -0.2) is 69.9 Å². The summed E-state index contributed by atoms with van der Waals surface area (Å²) in [7, 11) is 5.62. The van der Waals surface area contributed by atoms with Gasteiger partial charge in [-0.1, -0.05) is 13.0 Å². The highest BCUT2D eigenvalue weighted by atomic mass is 127. The SMILES string of the molecule is CCCOc1ccc(CNC(=NC)NCCN(C)CCCOC)cn1.I. The van der Waals surface area contributed by atoms with Crippen molar-refractivity contribution in [1.29, 1.82) is 0 Å². The number of rotatable bonds is 12. The third-order valence-corrected chi connectivity index (χ3v) is 3.61. The molecule has 0 spiro atoms. The average molecular weight is 479 g/mol. The number of hydrogen-bond donors (Lipinski definition) is 2. The Morgan fingerprint density at radius 2 is 2.04 bits per heavy atom. The van der Waals surface area contributed by atoms with Gasteiger partial charge in [-0.25, -0.2) is 4.98 Å². The Kier molecular flexibility index (Phi) is 15.4. The molecule has 0 radical (unpaired) electrons. The van der Waals surface area contributed by atoms with Crippen LogP contribution in [0.5, 0.6) is 5.88 Å². The molecule has 0 aliphatic heterocycles. The fourth-order valence-electron chi connectivity index (χ4n) is 2.17. The van der Waals surface area contributed by atoms with E-state index < -0.39 is 0 Å². The van der Waals surface area contributed by atoms with Crippen molar-refractivity contribution in [2.75, 3.05) is 54.1 Å². The van der Waals surface area contributed by atoms with Crippen LogP contribution in [0.2, 0.25) is 0 Å². The summed E-state index contributed by atoms with van der Waals surface area (Å²) >= 11 is 0. The topological polar surface area (TPSA) is 71.0 Å². The summed E-state index contributed by atoms with van der Waals surface area (Å²) in [6.45, 7) is 7.07. The minimum atomic E-state index is 0. The molecule has 0 fully saturated rings. The van der Waals surface area contributed by atoms with E-state index in [-0.39, 0.29) is 24.0 Å². The van der Waals surface area contributed by atoms with Crippen molar-refractivity contribution >= 4 is 29.9 Å². The van der Waals surface area contributed by atoms with Crippen LogP contribution >= 0.6 is 24.0 Å². The van der Waals surface area contributed by atoms with E-state index >= 15 is 0 Å². The molecule has 8 heteroatoms. The Balaban J connectivity index is 0.00000625. The number of hydrogen-bond acceptors (Lipinski definition) is 5. The number of nitrogens with zero attached hydrogens (tertiary/aromatic N) is 3. The lowest BCUT2D eigenvalue weighted by Crippen LogP contribution is -2.40. The quantitative estimate of drug-likeness (QED) is 0.207. The Morgan fingerprint density at radius 3 is 2.65 bits per heavy atom. The van der Waals surface area contributed by atoms with Gasteiger partial charge in [-0.15, -0.1) is 24.0 Å². The molecule has 0 saturated carbocycles. The molecule has 0 atom stereocenters. The second kappa shape index (κ2) is 16.1. The number of pyridine rings is 1. The van der Waals surface area contributed by atoms with E-state index in [1.165, 1.54) is 0 Å². The Morgan fingerprint density at radius 1 is 1.23 bits per heavy atom. The number of halogens is 1. The van der Waals surface area contributed by atoms with Gasteiger partial charge in [0, 0.05) is 59.2 Å². The van der Waals surface area contributed by atoms with E-state index in [1.54, 1.807) is 14.2 Å². The summed E-state index contributed by atoms with van der Waals surface area (Å²) < 4.78 is 10.6. The lowest BCUT2D eigenvalue weighted by Gasteiger charge is -2.18. The molecule has 1 aromatic heterocycles. The van der Waals surface area contributed by atoms with Gasteiger partial charge in [-0.05, 0) is 25.5 Å². The Bertz CT molecular complexity index is 485. The predicted molar refractivity (Wildman–Crippen MR) is 118 cm³/mol. The molecule has 26 heavy (non-hydrogen) atoms. The summed E-state index contributed by atoms with van der Waals surface area (Å²) in [5, 5.41) is 6.62. The standard InChI is InChI=1S/C18H33N5O2.HI/c1-5-12-25-17-8-7-16(14-21-17)15-22-18(19-2)20-9-11-23(3)10-6-13-24-4;/h7-8,14H,5-6,9-13,15H2,1-4H3,(H2,19,20,22);1H. The zero-order chi connectivity index (χ0) is 18.3. The zero-order valence-corrected chi connectivity index (χ0v) is 18.8. The molecule has 150 valence electrons. The van der Waals surface area contributed by atoms with Gasteiger partial charge >= 0.3 is 0 Å². The number of methoxy groups -OCH3 is 1. The van der Waals surface area contributed by atoms with Crippen LogP contribution in [0.1, 0.15) is 25.3 Å². The van der Waals surface area contributed by atoms with Crippen LogP contribution in [0.3, 0.4) is 0 Å². The molecule has 0 bridgehead atoms. The molecular weight excluding hydrogens is 445 g/mol. The van der Waals surface area contributed by atoms with E-state index in [9.17, 15) is 0 Å². The normalized spacial score (nSPS) is 11.2. The highest BCUT2D eigenvalue weighted by molar-refractivity contribution is 14.0. The summed E-state index contributed by atoms with van der Waals surface area (Å²) in [5.41, 5.74) is 1.09. The number of guanidine groups is 1. The Labute approximate surface area is 175 Å². The van der Waals surface area contributed by atoms with Gasteiger partial charge in [0.1, 0.15) is 0 Å². The van der Waals surface area contributed by atoms with Crippen LogP contribution < -0.4 is 15.4 Å². The van der Waals surface area contributed by atoms with Gasteiger partial charge < -0.3 is 25.0 Å². The van der Waals surface area contributed by atoms with Crippen molar-refractivity contribution in [3.05, 3.63) is 23.9 Å². The van der Waals surface area contributed by atoms with Crippen molar-refractivity contribution in [2.24, 2.45) is 4.99 Å². The molecule has 2 N–H and O–H groups in total. The van der Waals surface area contributed by atoms with Crippen LogP contribution in [0.15, 0.2) is 23.3 Å². The molecule has 1 aromatic rings. The first-order valence-corrected chi connectivity index (χ1v) is 8.89. The van der Waals surface area contributed by atoms with Gasteiger partial charge in [0.2, 0.25) is 5.88 Å². The first-order chi connectivity index (χ1) is 12.2. The second-order valence-electron chi connectivity index (χ2n) is 5.86. The molecule has 0 aliphatic carbocycles. The summed E-state index contributed by atoms with van der Waals surface area (Å²) in [6.07, 6.45) is 3.86. The van der Waals surface area contributed by atoms with E-state index in [0.717, 1.165) is 50.6 Å². The van der Waals surface area contributed by atoms with Gasteiger partial charge in [-0.2, -0.15) is 0 Å². The minimum Gasteiger partial charge on any atom is -0.478 e. The number of likely N-dealkylation sites (N-methyl/N-ethyl adjacent to an activating group) is 1. The first kappa shape index (κ1) is 24.9. The Hall–Kier alpha value is -1.13. The molecule has 0 amide bonds. The minimum absolute atomic E-state index is 0. The molecule has 0 unspecified atom stereocenters. The van der Waals surface area contributed by atoms with E-state index in [0.29, 0.717) is 19.0 Å². The predicted octanol–water partition coefficient (Wildman–Crippen LogP) is 2.12. The van der Waals surface area contributed by atoms with E-state index in [4.69, 9.17) is 9.47 Å². The van der Waals surface area contributed by atoms with Crippen molar-refractivity contribution < 1.29 is 9.47 Å². The molecule has 1 rings (SSSR count). The monoisotopic (exact) mass is 479 g/mol. The highest BCUT2D eigenvalue weighted by Gasteiger charge is 2.02. The fourth-order valence-corrected chi connectivity index (χ4v) is 2.17. The maximum atomic E-state index is 5.49. The number of aliphatic imine (C=N–C) groups is 1. The van der Waals surface area contributed by atoms with Crippen LogP contribution in [-0.2, 0) is 11.3 Å². The van der Waals surface area contributed by atoms with Crippen molar-refractivity contribution in [3.63, 3.8) is 0 Å². The zero-order valence-electron chi connectivity index (χ0n) is 16.5. The van der Waals surface area contributed by atoms with Crippen LogP contribution in [0, 0.1) is 0 Å². The van der Waals surface area contributed by atoms with Gasteiger partial charge in [0.25, 0.3) is 0 Å². The van der Waals surface area contributed by atoms with Gasteiger partial charge in [0.15, 0.2) is 5.96 Å². The summed E-state index contributed by atoms with van der Waals surface area (Å²) in [5.74, 6) is 1.46. The lowest BCUT2D eigenvalue weighted by atomic mass is 10.3. The van der Waals surface area contributed by atoms with E-state index in [2.05, 4.69) is 39.5 Å². The first-order valence-electron chi connectivity index (χ1n) is 8.89. The van der Waals surface area contributed by atoms with Crippen LogP contribution in [0.25, 0.3) is 0 Å². The largest absolute Gasteiger partial charge is 0.478 e. The molecule has 1 heterocycles.